The van der Waals surface area contributed by atoms with Crippen LogP contribution in [0, 0.1) is 17.0 Å². The van der Waals surface area contributed by atoms with E-state index in [1.165, 1.54) is 16.9 Å². The molecule has 0 spiro atoms. The van der Waals surface area contributed by atoms with E-state index in [-0.39, 0.29) is 18.3 Å². The van der Waals surface area contributed by atoms with Crippen LogP contribution in [0.3, 0.4) is 0 Å². The Labute approximate surface area is 120 Å². The average Bonchev–Trinajstić information content (AvgIpc) is 3.04. The Morgan fingerprint density at radius 3 is 3.00 bits per heavy atom. The van der Waals surface area contributed by atoms with Gasteiger partial charge >= 0.3 is 5.82 Å². The summed E-state index contributed by atoms with van der Waals surface area (Å²) in [6, 6.07) is 1.26. The second-order valence-corrected chi connectivity index (χ2v) is 4.60. The van der Waals surface area contributed by atoms with Crippen LogP contribution in [-0.4, -0.2) is 37.4 Å². The predicted octanol–water partition coefficient (Wildman–Crippen LogP) is 0.572. The number of rotatable bonds is 7. The van der Waals surface area contributed by atoms with Crippen LogP contribution in [0.2, 0.25) is 0 Å². The molecule has 0 aliphatic rings. The maximum Gasteiger partial charge on any atom is 0.389 e. The van der Waals surface area contributed by atoms with Crippen LogP contribution in [-0.2, 0) is 17.8 Å². The molecule has 0 bridgehead atoms. The summed E-state index contributed by atoms with van der Waals surface area (Å²) in [5.41, 5.74) is 2.16. The summed E-state index contributed by atoms with van der Waals surface area (Å²) in [5.74, 6) is -0.491. The summed E-state index contributed by atoms with van der Waals surface area (Å²) < 4.78 is 1.24. The van der Waals surface area contributed by atoms with Gasteiger partial charge in [0.1, 0.15) is 6.54 Å². The molecule has 0 radical (unpaired) electrons. The summed E-state index contributed by atoms with van der Waals surface area (Å²) in [7, 11) is 0. The lowest BCUT2D eigenvalue weighted by Gasteiger charge is -2.03. The van der Waals surface area contributed by atoms with E-state index < -0.39 is 4.92 Å². The fraction of sp³-hybridized carbons (Fsp3) is 0.417. The molecule has 21 heavy (non-hydrogen) atoms. The lowest BCUT2D eigenvalue weighted by molar-refractivity contribution is -0.389. The van der Waals surface area contributed by atoms with E-state index in [1.54, 1.807) is 6.20 Å². The molecule has 2 aromatic rings. The number of hydrogen-bond acceptors (Lipinski definition) is 5. The molecule has 1 amide bonds. The summed E-state index contributed by atoms with van der Waals surface area (Å²) in [6.45, 7) is 2.46. The molecule has 0 saturated carbocycles. The number of nitro groups is 1. The van der Waals surface area contributed by atoms with Gasteiger partial charge in [-0.15, -0.1) is 0 Å². The van der Waals surface area contributed by atoms with E-state index in [2.05, 4.69) is 20.6 Å². The Balaban J connectivity index is 1.70. The van der Waals surface area contributed by atoms with E-state index in [4.69, 9.17) is 0 Å². The quantitative estimate of drug-likeness (QED) is 0.439. The molecule has 0 unspecified atom stereocenters. The maximum absolute atomic E-state index is 11.7. The van der Waals surface area contributed by atoms with Crippen molar-refractivity contribution >= 4 is 11.7 Å². The van der Waals surface area contributed by atoms with Crippen molar-refractivity contribution in [3.63, 3.8) is 0 Å². The zero-order valence-electron chi connectivity index (χ0n) is 11.6. The van der Waals surface area contributed by atoms with E-state index in [1.807, 2.05) is 6.92 Å². The topological polar surface area (TPSA) is 119 Å². The lowest BCUT2D eigenvalue weighted by atomic mass is 10.1. The second kappa shape index (κ2) is 6.64. The zero-order valence-corrected chi connectivity index (χ0v) is 11.6. The van der Waals surface area contributed by atoms with Crippen LogP contribution in [0.15, 0.2) is 18.5 Å². The first-order chi connectivity index (χ1) is 10.1. The van der Waals surface area contributed by atoms with Gasteiger partial charge in [-0.1, -0.05) is 0 Å². The number of H-pyrrole nitrogens is 1. The third-order valence-corrected chi connectivity index (χ3v) is 3.00. The number of aromatic nitrogens is 4. The molecule has 2 heterocycles. The third kappa shape index (κ3) is 4.13. The average molecular weight is 292 g/mol. The number of carbonyl (C=O) groups is 1. The van der Waals surface area contributed by atoms with Crippen molar-refractivity contribution in [1.82, 2.24) is 25.3 Å². The molecule has 9 heteroatoms. The lowest BCUT2D eigenvalue weighted by Crippen LogP contribution is -2.28. The summed E-state index contributed by atoms with van der Waals surface area (Å²) in [6.07, 6.45) is 4.81. The van der Waals surface area contributed by atoms with Crippen molar-refractivity contribution in [2.24, 2.45) is 0 Å². The predicted molar refractivity (Wildman–Crippen MR) is 73.5 cm³/mol. The molecule has 9 nitrogen and oxygen atoms in total. The number of carbonyl (C=O) groups excluding carboxylic acids is 1. The highest BCUT2D eigenvalue weighted by Crippen LogP contribution is 2.06. The highest BCUT2D eigenvalue weighted by molar-refractivity contribution is 5.75. The molecule has 112 valence electrons. The molecule has 0 fully saturated rings. The van der Waals surface area contributed by atoms with Crippen LogP contribution in [0.25, 0.3) is 0 Å². The highest BCUT2D eigenvalue weighted by Gasteiger charge is 2.13. The largest absolute Gasteiger partial charge is 0.389 e. The molecule has 2 N–H and O–H groups in total. The summed E-state index contributed by atoms with van der Waals surface area (Å²) in [5, 5.41) is 23.7. The number of hydrogen-bond donors (Lipinski definition) is 2. The Kier molecular flexibility index (Phi) is 4.64. The normalized spacial score (nSPS) is 10.5. The summed E-state index contributed by atoms with van der Waals surface area (Å²) >= 11 is 0. The molecule has 0 aliphatic heterocycles. The molecule has 2 rings (SSSR count). The summed E-state index contributed by atoms with van der Waals surface area (Å²) in [4.78, 5) is 21.5. The van der Waals surface area contributed by atoms with Crippen molar-refractivity contribution in [2.75, 3.05) is 6.54 Å². The zero-order chi connectivity index (χ0) is 15.2. The van der Waals surface area contributed by atoms with Gasteiger partial charge in [0.15, 0.2) is 0 Å². The van der Waals surface area contributed by atoms with Gasteiger partial charge in [0, 0.05) is 12.2 Å². The van der Waals surface area contributed by atoms with E-state index in [0.29, 0.717) is 6.54 Å². The van der Waals surface area contributed by atoms with Crippen molar-refractivity contribution in [1.29, 1.82) is 0 Å². The van der Waals surface area contributed by atoms with Gasteiger partial charge in [-0.05, 0) is 30.3 Å². The van der Waals surface area contributed by atoms with Crippen molar-refractivity contribution in [3.05, 3.63) is 39.8 Å². The SMILES string of the molecule is Cc1[nH]ncc1CCCNC(=O)Cn1ccc([N+](=O)[O-])n1. The van der Waals surface area contributed by atoms with E-state index in [9.17, 15) is 14.9 Å². The van der Waals surface area contributed by atoms with E-state index in [0.717, 1.165) is 24.1 Å². The number of nitrogens with one attached hydrogen (secondary N) is 2. The van der Waals surface area contributed by atoms with Gasteiger partial charge in [-0.3, -0.25) is 9.89 Å². The van der Waals surface area contributed by atoms with Gasteiger partial charge in [0.05, 0.1) is 23.6 Å². The van der Waals surface area contributed by atoms with Crippen molar-refractivity contribution in [3.8, 4) is 0 Å². The molecule has 0 aliphatic carbocycles. The third-order valence-electron chi connectivity index (χ3n) is 3.00. The minimum Gasteiger partial charge on any atom is -0.358 e. The monoisotopic (exact) mass is 292 g/mol. The number of aromatic amines is 1. The maximum atomic E-state index is 11.7. The van der Waals surface area contributed by atoms with Crippen LogP contribution in [0.1, 0.15) is 17.7 Å². The number of aryl methyl sites for hydroxylation is 2. The van der Waals surface area contributed by atoms with Crippen molar-refractivity contribution < 1.29 is 9.72 Å². The molecule has 2 aromatic heterocycles. The van der Waals surface area contributed by atoms with Gasteiger partial charge in [0.2, 0.25) is 5.91 Å². The standard InChI is InChI=1S/C12H16N6O3/c1-9-10(7-14-15-9)3-2-5-13-12(19)8-17-6-4-11(16-17)18(20)21/h4,6-7H,2-3,5,8H2,1H3,(H,13,19)(H,14,15). The Hall–Kier alpha value is -2.71. The number of amides is 1. The minimum atomic E-state index is -0.596. The van der Waals surface area contributed by atoms with Crippen LogP contribution in [0.4, 0.5) is 5.82 Å². The first kappa shape index (κ1) is 14.7. The fourth-order valence-electron chi connectivity index (χ4n) is 1.87. The highest BCUT2D eigenvalue weighted by atomic mass is 16.6. The first-order valence-electron chi connectivity index (χ1n) is 6.49. The first-order valence-corrected chi connectivity index (χ1v) is 6.49. The van der Waals surface area contributed by atoms with Gasteiger partial charge in [-0.2, -0.15) is 9.78 Å². The molecule has 0 saturated heterocycles. The Morgan fingerprint density at radius 1 is 1.57 bits per heavy atom. The molecule has 0 atom stereocenters. The number of nitrogens with zero attached hydrogens (tertiary/aromatic N) is 4. The Bertz CT molecular complexity index is 632. The van der Waals surface area contributed by atoms with Crippen LogP contribution >= 0.6 is 0 Å². The molecular weight excluding hydrogens is 276 g/mol. The van der Waals surface area contributed by atoms with Gasteiger partial charge < -0.3 is 15.4 Å². The second-order valence-electron chi connectivity index (χ2n) is 4.60. The minimum absolute atomic E-state index is 0.0292. The van der Waals surface area contributed by atoms with Gasteiger partial charge in [0.25, 0.3) is 0 Å². The van der Waals surface area contributed by atoms with Crippen LogP contribution in [0.5, 0.6) is 0 Å². The fourth-order valence-corrected chi connectivity index (χ4v) is 1.87. The van der Waals surface area contributed by atoms with Crippen LogP contribution < -0.4 is 5.32 Å². The van der Waals surface area contributed by atoms with Gasteiger partial charge in [-0.25, -0.2) is 0 Å². The Morgan fingerprint density at radius 2 is 2.38 bits per heavy atom. The molecule has 0 aromatic carbocycles. The smallest absolute Gasteiger partial charge is 0.358 e. The van der Waals surface area contributed by atoms with Crippen molar-refractivity contribution in [2.45, 2.75) is 26.3 Å². The van der Waals surface area contributed by atoms with E-state index >= 15 is 0 Å². The molecular formula is C12H16N6O3.